The minimum Gasteiger partial charge on any atom is -0.312 e. The second kappa shape index (κ2) is 14.5. The maximum Gasteiger partial charge on any atom is 0.00695 e. The van der Waals surface area contributed by atoms with Crippen LogP contribution in [0.3, 0.4) is 0 Å². The molecule has 0 radical (unpaired) electrons. The Labute approximate surface area is 141 Å². The van der Waals surface area contributed by atoms with Crippen LogP contribution in [0.1, 0.15) is 123 Å². The molecule has 1 heterocycles. The number of rotatable bonds is 14. The Morgan fingerprint density at radius 3 is 1.68 bits per heavy atom. The van der Waals surface area contributed by atoms with Crippen LogP contribution in [0.25, 0.3) is 0 Å². The number of hydrogen-bond acceptors (Lipinski definition) is 1. The molecule has 0 aliphatic carbocycles. The van der Waals surface area contributed by atoms with Crippen LogP contribution < -0.4 is 5.32 Å². The van der Waals surface area contributed by atoms with E-state index in [1.54, 1.807) is 0 Å². The number of piperidine rings is 1. The molecule has 0 aromatic heterocycles. The van der Waals surface area contributed by atoms with Crippen LogP contribution in [0.5, 0.6) is 0 Å². The second-order valence-corrected chi connectivity index (χ2v) is 7.73. The van der Waals surface area contributed by atoms with Crippen LogP contribution in [0.4, 0.5) is 0 Å². The van der Waals surface area contributed by atoms with Crippen molar-refractivity contribution in [3.63, 3.8) is 0 Å². The fourth-order valence-electron chi connectivity index (χ4n) is 3.88. The quantitative estimate of drug-likeness (QED) is 0.341. The zero-order valence-electron chi connectivity index (χ0n) is 15.7. The Morgan fingerprint density at radius 1 is 0.682 bits per heavy atom. The summed E-state index contributed by atoms with van der Waals surface area (Å²) < 4.78 is 0. The normalized spacial score (nSPS) is 22.1. The van der Waals surface area contributed by atoms with Crippen LogP contribution in [0, 0.1) is 0 Å². The highest BCUT2D eigenvalue weighted by Gasteiger charge is 2.16. The molecule has 22 heavy (non-hydrogen) atoms. The van der Waals surface area contributed by atoms with E-state index in [-0.39, 0.29) is 0 Å². The van der Waals surface area contributed by atoms with Crippen molar-refractivity contribution in [1.29, 1.82) is 0 Å². The SMILES string of the molecule is CCCCCCCCCCCCCCC[C@H]1CCC[C@@H](C)N1. The lowest BCUT2D eigenvalue weighted by molar-refractivity contribution is 0.314. The third-order valence-electron chi connectivity index (χ3n) is 5.37. The summed E-state index contributed by atoms with van der Waals surface area (Å²) in [6, 6.07) is 1.59. The standard InChI is InChI=1S/C21H43N/c1-3-4-5-6-7-8-9-10-11-12-13-14-15-18-21-19-16-17-20(2)22-21/h20-22H,3-19H2,1-2H3/t20-,21+/m1/s1. The van der Waals surface area contributed by atoms with Crippen molar-refractivity contribution in [1.82, 2.24) is 5.32 Å². The zero-order chi connectivity index (χ0) is 15.9. The highest BCUT2D eigenvalue weighted by molar-refractivity contribution is 4.77. The van der Waals surface area contributed by atoms with E-state index >= 15 is 0 Å². The lowest BCUT2D eigenvalue weighted by Gasteiger charge is -2.28. The van der Waals surface area contributed by atoms with Crippen molar-refractivity contribution < 1.29 is 0 Å². The Bertz CT molecular complexity index is 226. The molecule has 0 amide bonds. The van der Waals surface area contributed by atoms with E-state index in [1.807, 2.05) is 0 Å². The third kappa shape index (κ3) is 11.5. The molecule has 132 valence electrons. The molecule has 1 aliphatic rings. The maximum atomic E-state index is 3.76. The molecule has 0 unspecified atom stereocenters. The molecule has 1 fully saturated rings. The van der Waals surface area contributed by atoms with Crippen LogP contribution in [-0.2, 0) is 0 Å². The van der Waals surface area contributed by atoms with Crippen LogP contribution >= 0.6 is 0 Å². The predicted molar refractivity (Wildman–Crippen MR) is 101 cm³/mol. The largest absolute Gasteiger partial charge is 0.312 e. The molecule has 2 atom stereocenters. The second-order valence-electron chi connectivity index (χ2n) is 7.73. The summed E-state index contributed by atoms with van der Waals surface area (Å²) in [5.74, 6) is 0. The average molecular weight is 310 g/mol. The maximum absolute atomic E-state index is 3.76. The smallest absolute Gasteiger partial charge is 0.00695 e. The number of nitrogens with one attached hydrogen (secondary N) is 1. The lowest BCUT2D eigenvalue weighted by Crippen LogP contribution is -2.40. The molecule has 1 rings (SSSR count). The van der Waals surface area contributed by atoms with Gasteiger partial charge in [0.25, 0.3) is 0 Å². The van der Waals surface area contributed by atoms with E-state index in [0.717, 1.165) is 12.1 Å². The van der Waals surface area contributed by atoms with Gasteiger partial charge >= 0.3 is 0 Å². The summed E-state index contributed by atoms with van der Waals surface area (Å²) in [6.07, 6.45) is 24.7. The lowest BCUT2D eigenvalue weighted by atomic mass is 9.95. The van der Waals surface area contributed by atoms with Gasteiger partial charge in [-0.25, -0.2) is 0 Å². The van der Waals surface area contributed by atoms with E-state index in [4.69, 9.17) is 0 Å². The van der Waals surface area contributed by atoms with Gasteiger partial charge in [0.15, 0.2) is 0 Å². The monoisotopic (exact) mass is 309 g/mol. The molecule has 0 aromatic rings. The first-order valence-electron chi connectivity index (χ1n) is 10.6. The van der Waals surface area contributed by atoms with Crippen molar-refractivity contribution in [3.05, 3.63) is 0 Å². The van der Waals surface area contributed by atoms with E-state index in [2.05, 4.69) is 19.2 Å². The summed E-state index contributed by atoms with van der Waals surface area (Å²) in [5.41, 5.74) is 0. The highest BCUT2D eigenvalue weighted by atomic mass is 15.0. The van der Waals surface area contributed by atoms with Crippen LogP contribution in [0.15, 0.2) is 0 Å². The van der Waals surface area contributed by atoms with Gasteiger partial charge in [0.05, 0.1) is 0 Å². The van der Waals surface area contributed by atoms with E-state index in [0.29, 0.717) is 0 Å². The van der Waals surface area contributed by atoms with Gasteiger partial charge in [0, 0.05) is 12.1 Å². The van der Waals surface area contributed by atoms with Gasteiger partial charge in [0.1, 0.15) is 0 Å². The number of hydrogen-bond donors (Lipinski definition) is 1. The van der Waals surface area contributed by atoms with E-state index < -0.39 is 0 Å². The molecule has 1 saturated heterocycles. The van der Waals surface area contributed by atoms with Crippen LogP contribution in [-0.4, -0.2) is 12.1 Å². The summed E-state index contributed by atoms with van der Waals surface area (Å²) in [5, 5.41) is 3.76. The van der Waals surface area contributed by atoms with E-state index in [1.165, 1.54) is 109 Å². The Morgan fingerprint density at radius 2 is 1.18 bits per heavy atom. The first kappa shape index (κ1) is 20.0. The van der Waals surface area contributed by atoms with Crippen molar-refractivity contribution in [3.8, 4) is 0 Å². The van der Waals surface area contributed by atoms with Crippen molar-refractivity contribution >= 4 is 0 Å². The summed E-state index contributed by atoms with van der Waals surface area (Å²) in [6.45, 7) is 4.64. The van der Waals surface area contributed by atoms with Gasteiger partial charge in [-0.1, -0.05) is 96.8 Å². The fraction of sp³-hybridized carbons (Fsp3) is 1.00. The third-order valence-corrected chi connectivity index (χ3v) is 5.37. The molecule has 0 spiro atoms. The molecule has 1 aliphatic heterocycles. The van der Waals surface area contributed by atoms with Crippen molar-refractivity contribution in [2.24, 2.45) is 0 Å². The summed E-state index contributed by atoms with van der Waals surface area (Å²) in [4.78, 5) is 0. The fourth-order valence-corrected chi connectivity index (χ4v) is 3.88. The van der Waals surface area contributed by atoms with Gasteiger partial charge in [-0.15, -0.1) is 0 Å². The minimum atomic E-state index is 0.765. The Hall–Kier alpha value is -0.0400. The summed E-state index contributed by atoms with van der Waals surface area (Å²) in [7, 11) is 0. The molecule has 1 heteroatoms. The van der Waals surface area contributed by atoms with Gasteiger partial charge in [-0.2, -0.15) is 0 Å². The topological polar surface area (TPSA) is 12.0 Å². The van der Waals surface area contributed by atoms with Gasteiger partial charge in [-0.05, 0) is 26.2 Å². The molecule has 0 bridgehead atoms. The molecular formula is C21H43N. The molecule has 0 aromatic carbocycles. The minimum absolute atomic E-state index is 0.765. The van der Waals surface area contributed by atoms with Crippen molar-refractivity contribution in [2.75, 3.05) is 0 Å². The molecule has 0 saturated carbocycles. The highest BCUT2D eigenvalue weighted by Crippen LogP contribution is 2.18. The number of unbranched alkanes of at least 4 members (excludes halogenated alkanes) is 12. The first-order valence-corrected chi connectivity index (χ1v) is 10.6. The van der Waals surface area contributed by atoms with E-state index in [9.17, 15) is 0 Å². The van der Waals surface area contributed by atoms with Gasteiger partial charge < -0.3 is 5.32 Å². The molecule has 1 N–H and O–H groups in total. The first-order chi connectivity index (χ1) is 10.8. The Kier molecular flexibility index (Phi) is 13.2. The van der Waals surface area contributed by atoms with Crippen LogP contribution in [0.2, 0.25) is 0 Å². The molecular weight excluding hydrogens is 266 g/mol. The van der Waals surface area contributed by atoms with Crippen molar-refractivity contribution in [2.45, 2.75) is 135 Å². The van der Waals surface area contributed by atoms with Gasteiger partial charge in [-0.3, -0.25) is 0 Å². The summed E-state index contributed by atoms with van der Waals surface area (Å²) >= 11 is 0. The predicted octanol–water partition coefficient (Wildman–Crippen LogP) is 7.00. The zero-order valence-corrected chi connectivity index (χ0v) is 15.7. The van der Waals surface area contributed by atoms with Gasteiger partial charge in [0.2, 0.25) is 0 Å². The molecule has 1 nitrogen and oxygen atoms in total. The average Bonchev–Trinajstić information content (AvgIpc) is 2.52. The Balaban J connectivity index is 1.73.